The number of rotatable bonds is 1. The molecular weight excluding hydrogens is 190 g/mol. The number of amides is 1. The van der Waals surface area contributed by atoms with E-state index in [1.54, 1.807) is 17.7 Å². The molecule has 0 unspecified atom stereocenters. The number of para-hydroxylation sites is 1. The second-order valence-electron chi connectivity index (χ2n) is 3.28. The number of fused-ring (bicyclic) bond motifs is 1. The molecule has 1 amide bonds. The number of aryl methyl sites for hydroxylation is 1. The highest BCUT2D eigenvalue weighted by Crippen LogP contribution is 2.23. The molecule has 0 aliphatic carbocycles. The van der Waals surface area contributed by atoms with E-state index >= 15 is 0 Å². The van der Waals surface area contributed by atoms with Gasteiger partial charge in [-0.2, -0.15) is 5.26 Å². The molecule has 0 saturated heterocycles. The predicted octanol–water partition coefficient (Wildman–Crippen LogP) is 1.15. The first-order valence-electron chi connectivity index (χ1n) is 4.44. The van der Waals surface area contributed by atoms with E-state index in [1.807, 2.05) is 24.3 Å². The number of benzene rings is 1. The number of nitrogens with zero attached hydrogens (tertiary/aromatic N) is 2. The predicted molar refractivity (Wildman–Crippen MR) is 56.2 cm³/mol. The maximum absolute atomic E-state index is 11.2. The molecule has 4 heteroatoms. The lowest BCUT2D eigenvalue weighted by Gasteiger charge is -1.98. The first kappa shape index (κ1) is 9.28. The molecule has 2 rings (SSSR count). The number of carbonyl (C=O) groups is 1. The first-order valence-corrected chi connectivity index (χ1v) is 4.44. The third kappa shape index (κ3) is 1.17. The van der Waals surface area contributed by atoms with Crippen molar-refractivity contribution in [3.63, 3.8) is 0 Å². The van der Waals surface area contributed by atoms with Crippen LogP contribution in [0.2, 0.25) is 0 Å². The molecule has 0 aliphatic rings. The van der Waals surface area contributed by atoms with Gasteiger partial charge in [-0.1, -0.05) is 18.2 Å². The van der Waals surface area contributed by atoms with Crippen LogP contribution < -0.4 is 5.73 Å². The van der Waals surface area contributed by atoms with Gasteiger partial charge in [-0.05, 0) is 6.07 Å². The third-order valence-electron chi connectivity index (χ3n) is 2.45. The number of carbonyl (C=O) groups excluding carboxylic acids is 1. The second-order valence-corrected chi connectivity index (χ2v) is 3.28. The molecule has 0 aliphatic heterocycles. The summed E-state index contributed by atoms with van der Waals surface area (Å²) in [6.07, 6.45) is 0. The Bertz CT molecular complexity index is 590. The minimum atomic E-state index is -0.578. The lowest BCUT2D eigenvalue weighted by molar-refractivity contribution is 0.0993. The van der Waals surface area contributed by atoms with Gasteiger partial charge in [0.2, 0.25) is 0 Å². The van der Waals surface area contributed by atoms with Crippen molar-refractivity contribution in [2.45, 2.75) is 0 Å². The van der Waals surface area contributed by atoms with E-state index in [0.717, 1.165) is 10.9 Å². The van der Waals surface area contributed by atoms with Gasteiger partial charge in [0.25, 0.3) is 5.91 Å². The fraction of sp³-hybridized carbons (Fsp3) is 0.0909. The van der Waals surface area contributed by atoms with Crippen LogP contribution in [0.4, 0.5) is 0 Å². The lowest BCUT2D eigenvalue weighted by atomic mass is 10.1. The Kier molecular flexibility index (Phi) is 1.94. The SMILES string of the molecule is Cn1c(C(N)=O)c(C#N)c2ccccc21. The van der Waals surface area contributed by atoms with Crippen LogP contribution in [-0.2, 0) is 7.05 Å². The fourth-order valence-electron chi connectivity index (χ4n) is 1.79. The van der Waals surface area contributed by atoms with Gasteiger partial charge in [-0.15, -0.1) is 0 Å². The summed E-state index contributed by atoms with van der Waals surface area (Å²) in [6.45, 7) is 0. The van der Waals surface area contributed by atoms with Crippen LogP contribution in [0.5, 0.6) is 0 Å². The Morgan fingerprint density at radius 3 is 2.73 bits per heavy atom. The molecule has 2 aromatic rings. The van der Waals surface area contributed by atoms with Crippen LogP contribution in [-0.4, -0.2) is 10.5 Å². The van der Waals surface area contributed by atoms with Crippen molar-refractivity contribution in [1.29, 1.82) is 5.26 Å². The van der Waals surface area contributed by atoms with E-state index in [0.29, 0.717) is 5.56 Å². The standard InChI is InChI=1S/C11H9N3O/c1-14-9-5-3-2-4-7(9)8(6-12)10(14)11(13)15/h2-5H,1H3,(H2,13,15). The number of aromatic nitrogens is 1. The van der Waals surface area contributed by atoms with Crippen molar-refractivity contribution < 1.29 is 4.79 Å². The van der Waals surface area contributed by atoms with E-state index in [-0.39, 0.29) is 5.69 Å². The minimum absolute atomic E-state index is 0.263. The fourth-order valence-corrected chi connectivity index (χ4v) is 1.79. The van der Waals surface area contributed by atoms with Gasteiger partial charge in [-0.3, -0.25) is 4.79 Å². The van der Waals surface area contributed by atoms with Crippen LogP contribution >= 0.6 is 0 Å². The maximum atomic E-state index is 11.2. The topological polar surface area (TPSA) is 71.8 Å². The van der Waals surface area contributed by atoms with Crippen LogP contribution in [0.1, 0.15) is 16.1 Å². The van der Waals surface area contributed by atoms with Gasteiger partial charge in [0.15, 0.2) is 0 Å². The zero-order valence-corrected chi connectivity index (χ0v) is 8.19. The van der Waals surface area contributed by atoms with Crippen LogP contribution in [0.25, 0.3) is 10.9 Å². The second kappa shape index (κ2) is 3.14. The average Bonchev–Trinajstić information content (AvgIpc) is 2.52. The van der Waals surface area contributed by atoms with E-state index in [4.69, 9.17) is 11.0 Å². The summed E-state index contributed by atoms with van der Waals surface area (Å²) >= 11 is 0. The minimum Gasteiger partial charge on any atom is -0.364 e. The van der Waals surface area contributed by atoms with E-state index < -0.39 is 5.91 Å². The number of hydrogen-bond acceptors (Lipinski definition) is 2. The molecular formula is C11H9N3O. The quantitative estimate of drug-likeness (QED) is 0.748. The molecule has 74 valence electrons. The Morgan fingerprint density at radius 1 is 1.47 bits per heavy atom. The molecule has 0 spiro atoms. The summed E-state index contributed by atoms with van der Waals surface area (Å²) in [5.41, 5.74) is 6.69. The summed E-state index contributed by atoms with van der Waals surface area (Å²) in [5.74, 6) is -0.578. The van der Waals surface area contributed by atoms with Crippen molar-refractivity contribution in [2.75, 3.05) is 0 Å². The van der Waals surface area contributed by atoms with Crippen molar-refractivity contribution >= 4 is 16.8 Å². The summed E-state index contributed by atoms with van der Waals surface area (Å²) in [4.78, 5) is 11.2. The average molecular weight is 199 g/mol. The van der Waals surface area contributed by atoms with E-state index in [9.17, 15) is 4.79 Å². The molecule has 1 aromatic carbocycles. The third-order valence-corrected chi connectivity index (χ3v) is 2.45. The number of nitriles is 1. The number of nitrogens with two attached hydrogens (primary N) is 1. The molecule has 0 radical (unpaired) electrons. The monoisotopic (exact) mass is 199 g/mol. The number of hydrogen-bond donors (Lipinski definition) is 1. The summed E-state index contributed by atoms with van der Waals surface area (Å²) < 4.78 is 1.65. The van der Waals surface area contributed by atoms with Gasteiger partial charge in [0.1, 0.15) is 11.8 Å². The van der Waals surface area contributed by atoms with Gasteiger partial charge in [0, 0.05) is 18.0 Å². The van der Waals surface area contributed by atoms with Crippen LogP contribution in [0.15, 0.2) is 24.3 Å². The lowest BCUT2D eigenvalue weighted by Crippen LogP contribution is -2.16. The van der Waals surface area contributed by atoms with Crippen LogP contribution in [0.3, 0.4) is 0 Å². The molecule has 15 heavy (non-hydrogen) atoms. The Labute approximate surface area is 86.5 Å². The zero-order valence-electron chi connectivity index (χ0n) is 8.19. The highest BCUT2D eigenvalue weighted by Gasteiger charge is 2.17. The normalized spacial score (nSPS) is 10.1. The van der Waals surface area contributed by atoms with Crippen molar-refractivity contribution in [3.8, 4) is 6.07 Å². The first-order chi connectivity index (χ1) is 7.16. The van der Waals surface area contributed by atoms with Crippen LogP contribution in [0, 0.1) is 11.3 Å². The highest BCUT2D eigenvalue weighted by atomic mass is 16.1. The molecule has 0 bridgehead atoms. The summed E-state index contributed by atoms with van der Waals surface area (Å²) in [5, 5.41) is 9.77. The molecule has 4 nitrogen and oxygen atoms in total. The smallest absolute Gasteiger partial charge is 0.266 e. The van der Waals surface area contributed by atoms with Gasteiger partial charge in [0.05, 0.1) is 5.56 Å². The zero-order chi connectivity index (χ0) is 11.0. The van der Waals surface area contributed by atoms with Gasteiger partial charge >= 0.3 is 0 Å². The summed E-state index contributed by atoms with van der Waals surface area (Å²) in [7, 11) is 1.73. The Morgan fingerprint density at radius 2 is 2.13 bits per heavy atom. The van der Waals surface area contributed by atoms with Crippen molar-refractivity contribution in [3.05, 3.63) is 35.5 Å². The van der Waals surface area contributed by atoms with Crippen molar-refractivity contribution in [2.24, 2.45) is 12.8 Å². The Hall–Kier alpha value is -2.28. The summed E-state index contributed by atoms with van der Waals surface area (Å²) in [6, 6.07) is 9.36. The van der Waals surface area contributed by atoms with Crippen molar-refractivity contribution in [1.82, 2.24) is 4.57 Å². The van der Waals surface area contributed by atoms with Gasteiger partial charge < -0.3 is 10.3 Å². The Balaban J connectivity index is 2.98. The van der Waals surface area contributed by atoms with E-state index in [2.05, 4.69) is 0 Å². The number of primary amides is 1. The maximum Gasteiger partial charge on any atom is 0.266 e. The molecule has 0 saturated carbocycles. The largest absolute Gasteiger partial charge is 0.364 e. The molecule has 0 atom stereocenters. The molecule has 2 N–H and O–H groups in total. The molecule has 0 fully saturated rings. The molecule has 1 aromatic heterocycles. The molecule has 1 heterocycles. The van der Waals surface area contributed by atoms with E-state index in [1.165, 1.54) is 0 Å². The highest BCUT2D eigenvalue weighted by molar-refractivity contribution is 6.02. The van der Waals surface area contributed by atoms with Gasteiger partial charge in [-0.25, -0.2) is 0 Å².